The Labute approximate surface area is 112 Å². The van der Waals surface area contributed by atoms with Crippen molar-refractivity contribution < 1.29 is 19.1 Å². The van der Waals surface area contributed by atoms with Crippen molar-refractivity contribution >= 4 is 11.9 Å². The van der Waals surface area contributed by atoms with E-state index < -0.39 is 11.9 Å². The van der Waals surface area contributed by atoms with Crippen LogP contribution < -0.4 is 0 Å². The Bertz CT molecular complexity index is 477. The summed E-state index contributed by atoms with van der Waals surface area (Å²) in [7, 11) is 0. The molecule has 19 heavy (non-hydrogen) atoms. The third-order valence-corrected chi connectivity index (χ3v) is 2.21. The molecule has 0 amide bonds. The van der Waals surface area contributed by atoms with Gasteiger partial charge in [0.1, 0.15) is 5.69 Å². The van der Waals surface area contributed by atoms with Crippen LogP contribution in [0.4, 0.5) is 0 Å². The monoisotopic (exact) mass is 266 g/mol. The van der Waals surface area contributed by atoms with E-state index >= 15 is 0 Å². The summed E-state index contributed by atoms with van der Waals surface area (Å²) in [5.74, 6) is -0.836. The van der Waals surface area contributed by atoms with E-state index in [0.29, 0.717) is 31.1 Å². The first-order valence-corrected chi connectivity index (χ1v) is 6.13. The summed E-state index contributed by atoms with van der Waals surface area (Å²) in [6, 6.07) is 1.65. The lowest BCUT2D eigenvalue weighted by Crippen LogP contribution is -2.13. The maximum atomic E-state index is 11.7. The standard InChI is InChI=1S/C13H18N2O4/c1-4-18-12(16)7-6-8-15-11(9-10(3)14-15)13(17)19-5-2/h6-7,9H,4-5,8H2,1-3H3. The van der Waals surface area contributed by atoms with Gasteiger partial charge in [-0.1, -0.05) is 6.08 Å². The van der Waals surface area contributed by atoms with Crippen LogP contribution in [0.2, 0.25) is 0 Å². The van der Waals surface area contributed by atoms with Crippen molar-refractivity contribution in [2.24, 2.45) is 0 Å². The molecule has 0 saturated heterocycles. The van der Waals surface area contributed by atoms with E-state index in [2.05, 4.69) is 5.10 Å². The van der Waals surface area contributed by atoms with E-state index in [1.165, 1.54) is 10.8 Å². The molecule has 0 saturated carbocycles. The van der Waals surface area contributed by atoms with Crippen molar-refractivity contribution in [2.45, 2.75) is 27.3 Å². The number of aromatic nitrogens is 2. The average Bonchev–Trinajstić information content (AvgIpc) is 2.71. The summed E-state index contributed by atoms with van der Waals surface area (Å²) >= 11 is 0. The van der Waals surface area contributed by atoms with Gasteiger partial charge in [0.25, 0.3) is 0 Å². The maximum Gasteiger partial charge on any atom is 0.356 e. The maximum absolute atomic E-state index is 11.7. The van der Waals surface area contributed by atoms with Crippen LogP contribution in [0.25, 0.3) is 0 Å². The largest absolute Gasteiger partial charge is 0.463 e. The number of carbonyl (C=O) groups is 2. The van der Waals surface area contributed by atoms with E-state index in [1.54, 1.807) is 32.9 Å². The van der Waals surface area contributed by atoms with E-state index in [0.717, 1.165) is 0 Å². The molecule has 0 atom stereocenters. The van der Waals surface area contributed by atoms with Crippen LogP contribution in [0.5, 0.6) is 0 Å². The lowest BCUT2D eigenvalue weighted by Gasteiger charge is -2.03. The molecule has 6 heteroatoms. The predicted molar refractivity (Wildman–Crippen MR) is 68.7 cm³/mol. The molecule has 6 nitrogen and oxygen atoms in total. The molecule has 0 aliphatic heterocycles. The minimum absolute atomic E-state index is 0.306. The average molecular weight is 266 g/mol. The van der Waals surface area contributed by atoms with Gasteiger partial charge in [-0.25, -0.2) is 9.59 Å². The highest BCUT2D eigenvalue weighted by molar-refractivity contribution is 5.87. The number of allylic oxidation sites excluding steroid dienone is 1. The zero-order valence-corrected chi connectivity index (χ0v) is 11.4. The number of hydrogen-bond donors (Lipinski definition) is 0. The van der Waals surface area contributed by atoms with Crippen LogP contribution >= 0.6 is 0 Å². The normalized spacial score (nSPS) is 10.7. The molecule has 0 aromatic carbocycles. The van der Waals surface area contributed by atoms with Gasteiger partial charge in [-0.05, 0) is 26.8 Å². The first-order valence-electron chi connectivity index (χ1n) is 6.13. The van der Waals surface area contributed by atoms with Gasteiger partial charge in [-0.15, -0.1) is 0 Å². The van der Waals surface area contributed by atoms with Crippen molar-refractivity contribution in [1.29, 1.82) is 0 Å². The Hall–Kier alpha value is -2.11. The lowest BCUT2D eigenvalue weighted by atomic mass is 10.3. The summed E-state index contributed by atoms with van der Waals surface area (Å²) in [4.78, 5) is 22.8. The molecule has 0 aliphatic carbocycles. The molecular weight excluding hydrogens is 248 g/mol. The van der Waals surface area contributed by atoms with Crippen LogP contribution in [-0.2, 0) is 20.8 Å². The number of rotatable bonds is 6. The number of aryl methyl sites for hydroxylation is 1. The molecule has 104 valence electrons. The van der Waals surface area contributed by atoms with Crippen molar-refractivity contribution in [3.8, 4) is 0 Å². The van der Waals surface area contributed by atoms with E-state index in [-0.39, 0.29) is 0 Å². The Morgan fingerprint density at radius 3 is 2.63 bits per heavy atom. The second-order valence-electron chi connectivity index (χ2n) is 3.73. The molecule has 0 radical (unpaired) electrons. The van der Waals surface area contributed by atoms with Crippen LogP contribution in [-0.4, -0.2) is 34.9 Å². The van der Waals surface area contributed by atoms with Gasteiger partial charge in [-0.3, -0.25) is 4.68 Å². The zero-order valence-electron chi connectivity index (χ0n) is 11.4. The highest BCUT2D eigenvalue weighted by Gasteiger charge is 2.14. The topological polar surface area (TPSA) is 70.4 Å². The summed E-state index contributed by atoms with van der Waals surface area (Å²) in [5.41, 5.74) is 1.08. The first-order chi connectivity index (χ1) is 9.08. The summed E-state index contributed by atoms with van der Waals surface area (Å²) in [5, 5.41) is 4.17. The molecule has 1 aromatic heterocycles. The summed E-state index contributed by atoms with van der Waals surface area (Å²) in [6.45, 7) is 6.21. The minimum atomic E-state index is -0.423. The lowest BCUT2D eigenvalue weighted by molar-refractivity contribution is -0.137. The molecule has 1 aromatic rings. The molecular formula is C13H18N2O4. The Kier molecular flexibility index (Phi) is 5.78. The van der Waals surface area contributed by atoms with Crippen molar-refractivity contribution in [3.05, 3.63) is 29.6 Å². The highest BCUT2D eigenvalue weighted by atomic mass is 16.5. The van der Waals surface area contributed by atoms with Gasteiger partial charge >= 0.3 is 11.9 Å². The molecule has 0 aliphatic rings. The van der Waals surface area contributed by atoms with E-state index in [9.17, 15) is 9.59 Å². The molecule has 0 N–H and O–H groups in total. The van der Waals surface area contributed by atoms with Crippen LogP contribution in [0.1, 0.15) is 30.0 Å². The molecule has 0 bridgehead atoms. The van der Waals surface area contributed by atoms with Gasteiger partial charge in [-0.2, -0.15) is 5.10 Å². The van der Waals surface area contributed by atoms with Gasteiger partial charge in [0, 0.05) is 6.08 Å². The highest BCUT2D eigenvalue weighted by Crippen LogP contribution is 2.06. The molecule has 1 heterocycles. The second-order valence-corrected chi connectivity index (χ2v) is 3.73. The van der Waals surface area contributed by atoms with E-state index in [1.807, 2.05) is 0 Å². The second kappa shape index (κ2) is 7.35. The summed E-state index contributed by atoms with van der Waals surface area (Å²) < 4.78 is 11.2. The number of carbonyl (C=O) groups excluding carboxylic acids is 2. The molecule has 0 spiro atoms. The number of hydrogen-bond acceptors (Lipinski definition) is 5. The molecule has 1 rings (SSSR count). The minimum Gasteiger partial charge on any atom is -0.463 e. The number of esters is 2. The van der Waals surface area contributed by atoms with Crippen molar-refractivity contribution in [2.75, 3.05) is 13.2 Å². The fraction of sp³-hybridized carbons (Fsp3) is 0.462. The zero-order chi connectivity index (χ0) is 14.3. The van der Waals surface area contributed by atoms with E-state index in [4.69, 9.17) is 9.47 Å². The predicted octanol–water partition coefficient (Wildman–Crippen LogP) is 1.49. The Balaban J connectivity index is 2.73. The van der Waals surface area contributed by atoms with Gasteiger partial charge < -0.3 is 9.47 Å². The Morgan fingerprint density at radius 1 is 1.32 bits per heavy atom. The van der Waals surface area contributed by atoms with Gasteiger partial charge in [0.05, 0.1) is 25.5 Å². The smallest absolute Gasteiger partial charge is 0.356 e. The number of ether oxygens (including phenoxy) is 2. The van der Waals surface area contributed by atoms with Gasteiger partial charge in [0.15, 0.2) is 0 Å². The fourth-order valence-electron chi connectivity index (χ4n) is 1.49. The van der Waals surface area contributed by atoms with Gasteiger partial charge in [0.2, 0.25) is 0 Å². The molecule has 0 fully saturated rings. The van der Waals surface area contributed by atoms with Crippen molar-refractivity contribution in [3.63, 3.8) is 0 Å². The fourth-order valence-corrected chi connectivity index (χ4v) is 1.49. The molecule has 0 unspecified atom stereocenters. The van der Waals surface area contributed by atoms with Crippen LogP contribution in [0.3, 0.4) is 0 Å². The third kappa shape index (κ3) is 4.57. The van der Waals surface area contributed by atoms with Crippen LogP contribution in [0, 0.1) is 6.92 Å². The Morgan fingerprint density at radius 2 is 2.00 bits per heavy atom. The quantitative estimate of drug-likeness (QED) is 0.576. The van der Waals surface area contributed by atoms with Crippen LogP contribution in [0.15, 0.2) is 18.2 Å². The summed E-state index contributed by atoms with van der Waals surface area (Å²) in [6.07, 6.45) is 2.91. The number of nitrogens with zero attached hydrogens (tertiary/aromatic N) is 2. The third-order valence-electron chi connectivity index (χ3n) is 2.21. The van der Waals surface area contributed by atoms with Crippen molar-refractivity contribution in [1.82, 2.24) is 9.78 Å². The SMILES string of the molecule is CCOC(=O)C=CCn1nc(C)cc1C(=O)OCC. The first kappa shape index (κ1) is 14.9.